The van der Waals surface area contributed by atoms with Crippen LogP contribution in [0.15, 0.2) is 11.6 Å². The molecule has 0 aromatic carbocycles. The molecule has 11 N–H and O–H groups in total. The van der Waals surface area contributed by atoms with Gasteiger partial charge < -0.3 is 84.6 Å². The number of carbonyl (C=O) groups is 1. The van der Waals surface area contributed by atoms with Gasteiger partial charge in [-0.15, -0.1) is 0 Å². The fourth-order valence-electron chi connectivity index (χ4n) is 15.2. The van der Waals surface area contributed by atoms with Crippen LogP contribution in [-0.2, 0) is 33.2 Å². The van der Waals surface area contributed by atoms with Crippen LogP contribution in [0.5, 0.6) is 0 Å². The number of aliphatic carboxylic acids is 1. The third kappa shape index (κ3) is 7.87. The van der Waals surface area contributed by atoms with E-state index in [1.807, 2.05) is 0 Å². The van der Waals surface area contributed by atoms with Crippen molar-refractivity contribution >= 4 is 5.97 Å². The van der Waals surface area contributed by atoms with E-state index in [1.54, 1.807) is 0 Å². The maximum atomic E-state index is 13.2. The molecule has 7 fully saturated rings. The molecule has 8 rings (SSSR count). The first-order valence-corrected chi connectivity index (χ1v) is 24.3. The molecule has 66 heavy (non-hydrogen) atoms. The average molecular weight is 943 g/mol. The highest BCUT2D eigenvalue weighted by molar-refractivity contribution is 5.76. The molecule has 0 aromatic heterocycles. The summed E-state index contributed by atoms with van der Waals surface area (Å²) < 4.78 is 36.6. The Hall–Kier alpha value is -1.43. The normalized spacial score (nSPS) is 53.3. The highest BCUT2D eigenvalue weighted by Gasteiger charge is 2.70. The Morgan fingerprint density at radius 1 is 0.606 bits per heavy atom. The number of aliphatic hydroxyl groups excluding tert-OH is 10. The lowest BCUT2D eigenvalue weighted by Gasteiger charge is -2.71. The highest BCUT2D eigenvalue weighted by Crippen LogP contribution is 2.76. The Balaban J connectivity index is 1.06. The first-order chi connectivity index (χ1) is 30.9. The average Bonchev–Trinajstić information content (AvgIpc) is 3.26. The van der Waals surface area contributed by atoms with E-state index in [2.05, 4.69) is 54.5 Å². The zero-order valence-electron chi connectivity index (χ0n) is 39.5. The van der Waals surface area contributed by atoms with Crippen LogP contribution in [0.4, 0.5) is 0 Å². The number of carboxylic acid groups (broad SMARTS) is 1. The van der Waals surface area contributed by atoms with Crippen LogP contribution >= 0.6 is 0 Å². The molecule has 18 nitrogen and oxygen atoms in total. The van der Waals surface area contributed by atoms with Crippen molar-refractivity contribution in [2.75, 3.05) is 19.8 Å². The van der Waals surface area contributed by atoms with Gasteiger partial charge in [0.25, 0.3) is 0 Å². The van der Waals surface area contributed by atoms with Gasteiger partial charge >= 0.3 is 5.97 Å². The monoisotopic (exact) mass is 943 g/mol. The number of aliphatic hydroxyl groups is 10. The molecule has 8 aliphatic rings. The van der Waals surface area contributed by atoms with E-state index in [1.165, 1.54) is 5.57 Å². The second-order valence-electron chi connectivity index (χ2n) is 23.5. The molecular weight excluding hydrogens is 865 g/mol. The van der Waals surface area contributed by atoms with Crippen LogP contribution in [0, 0.1) is 50.2 Å². The highest BCUT2D eigenvalue weighted by atomic mass is 16.8. The minimum Gasteiger partial charge on any atom is -0.481 e. The molecule has 4 saturated carbocycles. The number of allylic oxidation sites excluding steroid dienone is 2. The minimum atomic E-state index is -1.90. The van der Waals surface area contributed by atoms with Gasteiger partial charge in [0.05, 0.1) is 31.3 Å². The van der Waals surface area contributed by atoms with Gasteiger partial charge in [0.15, 0.2) is 18.9 Å². The number of ether oxygens (including phenoxy) is 6. The van der Waals surface area contributed by atoms with Gasteiger partial charge in [0.1, 0.15) is 73.2 Å². The minimum absolute atomic E-state index is 0.00164. The van der Waals surface area contributed by atoms with E-state index in [-0.39, 0.29) is 33.5 Å². The fourth-order valence-corrected chi connectivity index (χ4v) is 15.2. The second-order valence-corrected chi connectivity index (χ2v) is 23.5. The van der Waals surface area contributed by atoms with E-state index in [0.29, 0.717) is 25.2 Å². The summed E-state index contributed by atoms with van der Waals surface area (Å²) in [6, 6.07) is 0. The zero-order chi connectivity index (χ0) is 48.3. The Kier molecular flexibility index (Phi) is 13.9. The third-order valence-corrected chi connectivity index (χ3v) is 19.4. The summed E-state index contributed by atoms with van der Waals surface area (Å²) in [6.07, 6.45) is -15.1. The summed E-state index contributed by atoms with van der Waals surface area (Å²) in [5, 5.41) is 118. The standard InChI is InChI=1S/C48H78O18/c1-43(2)14-16-48(42(59)60)17-15-46(6)22(23(48)18-43)8-9-28-45(5)12-11-29(44(3,4)27(45)10-13-47(28,46)7)64-41-36(58)38(66-40-35(57)33(55)31(53)25(20-50)62-40)37(26(21-51)63-41)65-39-34(56)32(54)30(52)24(19-49)61-39/h8,23-41,49-58H,9-21H2,1-7H3,(H,59,60)/t23-,24+,25+,26+,27-,28+,29-,30+,31+,32-,33-,34+,35+,36+,37+,38+,39-,40-,41-,45-,46+,47+,48-/m0/s1. The summed E-state index contributed by atoms with van der Waals surface area (Å²) >= 11 is 0. The van der Waals surface area contributed by atoms with Crippen LogP contribution in [0.2, 0.25) is 0 Å². The van der Waals surface area contributed by atoms with Crippen molar-refractivity contribution in [1.82, 2.24) is 0 Å². The topological polar surface area (TPSA) is 295 Å². The molecule has 0 spiro atoms. The van der Waals surface area contributed by atoms with Gasteiger partial charge in [0.2, 0.25) is 0 Å². The third-order valence-electron chi connectivity index (χ3n) is 19.4. The number of carboxylic acids is 1. The molecule has 3 saturated heterocycles. The van der Waals surface area contributed by atoms with E-state index >= 15 is 0 Å². The zero-order valence-corrected chi connectivity index (χ0v) is 39.5. The lowest BCUT2D eigenvalue weighted by Crippen LogP contribution is -2.68. The van der Waals surface area contributed by atoms with Crippen LogP contribution in [-0.4, -0.2) is 180 Å². The molecule has 23 atom stereocenters. The van der Waals surface area contributed by atoms with Gasteiger partial charge in [0, 0.05) is 0 Å². The lowest BCUT2D eigenvalue weighted by atomic mass is 9.33. The van der Waals surface area contributed by atoms with Crippen LogP contribution in [0.1, 0.15) is 113 Å². The number of hydrogen-bond acceptors (Lipinski definition) is 17. The van der Waals surface area contributed by atoms with Gasteiger partial charge in [-0.3, -0.25) is 4.79 Å². The van der Waals surface area contributed by atoms with Crippen LogP contribution in [0.25, 0.3) is 0 Å². The smallest absolute Gasteiger partial charge is 0.310 e. The van der Waals surface area contributed by atoms with E-state index in [0.717, 1.165) is 44.9 Å². The van der Waals surface area contributed by atoms with Crippen molar-refractivity contribution in [3.05, 3.63) is 11.6 Å². The quantitative estimate of drug-likeness (QED) is 0.106. The Morgan fingerprint density at radius 2 is 1.14 bits per heavy atom. The molecule has 378 valence electrons. The van der Waals surface area contributed by atoms with E-state index in [9.17, 15) is 61.0 Å². The fraction of sp³-hybridized carbons (Fsp3) is 0.938. The van der Waals surface area contributed by atoms with Gasteiger partial charge in [-0.2, -0.15) is 0 Å². The molecule has 0 radical (unpaired) electrons. The van der Waals surface area contributed by atoms with Gasteiger partial charge in [-0.25, -0.2) is 0 Å². The predicted molar refractivity (Wildman–Crippen MR) is 231 cm³/mol. The molecule has 0 amide bonds. The largest absolute Gasteiger partial charge is 0.481 e. The van der Waals surface area contributed by atoms with Crippen molar-refractivity contribution < 1.29 is 89.4 Å². The van der Waals surface area contributed by atoms with E-state index in [4.69, 9.17) is 28.4 Å². The van der Waals surface area contributed by atoms with Crippen molar-refractivity contribution in [3.63, 3.8) is 0 Å². The summed E-state index contributed by atoms with van der Waals surface area (Å²) in [6.45, 7) is 13.9. The maximum absolute atomic E-state index is 13.2. The van der Waals surface area contributed by atoms with Crippen molar-refractivity contribution in [1.29, 1.82) is 0 Å². The Bertz CT molecular complexity index is 1790. The Morgan fingerprint density at radius 3 is 1.70 bits per heavy atom. The molecule has 5 aliphatic carbocycles. The molecule has 0 unspecified atom stereocenters. The Labute approximate surface area is 387 Å². The first kappa shape index (κ1) is 50.9. The summed E-state index contributed by atoms with van der Waals surface area (Å²) in [4.78, 5) is 13.2. The first-order valence-electron chi connectivity index (χ1n) is 24.3. The number of rotatable bonds is 10. The molecule has 3 aliphatic heterocycles. The summed E-state index contributed by atoms with van der Waals surface area (Å²) in [5.41, 5.74) is -0.183. The molecule has 0 aromatic rings. The van der Waals surface area contributed by atoms with Crippen LogP contribution in [0.3, 0.4) is 0 Å². The van der Waals surface area contributed by atoms with Crippen molar-refractivity contribution in [3.8, 4) is 0 Å². The molecule has 18 heteroatoms. The van der Waals surface area contributed by atoms with Crippen molar-refractivity contribution in [2.45, 2.75) is 211 Å². The van der Waals surface area contributed by atoms with Gasteiger partial charge in [-0.1, -0.05) is 60.1 Å². The lowest BCUT2D eigenvalue weighted by molar-refractivity contribution is -0.393. The SMILES string of the molecule is CC1(C)CC[C@]2(C(=O)O)CC[C@]3(C)C(=CC[C@@H]4[C@@]5(C)CC[C@H](O[C@@H]6O[C@H](CO)[C@@H](O[C@@H]7O[C@H](CO)[C@@H](O)[C@H](O)[C@H]7O)[C@H](O[C@@H]7O[C@H](CO)[C@@H](O)[C@H](O)[C@H]7O)[C@H]6O)C(C)(C)[C@@H]5CC[C@]43C)[C@@H]2C1. The number of fused-ring (bicyclic) bond motifs is 7. The van der Waals surface area contributed by atoms with Crippen LogP contribution < -0.4 is 0 Å². The van der Waals surface area contributed by atoms with E-state index < -0.39 is 135 Å². The van der Waals surface area contributed by atoms with Gasteiger partial charge in [-0.05, 0) is 109 Å². The molecule has 3 heterocycles. The molecule has 0 bridgehead atoms. The molecular formula is C48H78O18. The van der Waals surface area contributed by atoms with Crippen molar-refractivity contribution in [2.24, 2.45) is 50.2 Å². The summed E-state index contributed by atoms with van der Waals surface area (Å²) in [5.74, 6) is -0.191. The second kappa shape index (κ2) is 18.0. The summed E-state index contributed by atoms with van der Waals surface area (Å²) in [7, 11) is 0. The predicted octanol–water partition coefficient (Wildman–Crippen LogP) is 0.706. The number of hydrogen-bond donors (Lipinski definition) is 11. The maximum Gasteiger partial charge on any atom is 0.310 e.